The van der Waals surface area contributed by atoms with Crippen LogP contribution in [-0.2, 0) is 14.6 Å². The number of para-hydroxylation sites is 1. The molecule has 0 aliphatic carbocycles. The van der Waals surface area contributed by atoms with Crippen molar-refractivity contribution in [2.45, 2.75) is 17.3 Å². The molecule has 0 amide bonds. The summed E-state index contributed by atoms with van der Waals surface area (Å²) in [6, 6.07) is 4.06. The minimum absolute atomic E-state index is 0.641. The van der Waals surface area contributed by atoms with E-state index in [-0.39, 0.29) is 0 Å². The maximum atomic E-state index is 12.3. The van der Waals surface area contributed by atoms with E-state index in [1.165, 1.54) is 6.07 Å². The highest BCUT2D eigenvalue weighted by Crippen LogP contribution is 2.35. The molecular formula is C9H7F3O4S. The molecule has 0 bridgehead atoms. The molecule has 94 valence electrons. The minimum atomic E-state index is -5.53. The number of hydrogen-bond acceptors (Lipinski definition) is 4. The average molecular weight is 268 g/mol. The Hall–Kier alpha value is -1.57. The average Bonchev–Trinajstić information content (AvgIpc) is 2.15. The van der Waals surface area contributed by atoms with Crippen molar-refractivity contribution in [3.05, 3.63) is 24.3 Å². The number of rotatable bonds is 2. The molecule has 4 nitrogen and oxygen atoms in total. The van der Waals surface area contributed by atoms with Gasteiger partial charge in [0.1, 0.15) is 10.6 Å². The summed E-state index contributed by atoms with van der Waals surface area (Å²) in [6.07, 6.45) is 0. The van der Waals surface area contributed by atoms with E-state index in [2.05, 4.69) is 4.74 Å². The molecule has 1 aromatic carbocycles. The van der Waals surface area contributed by atoms with Crippen LogP contribution in [-0.4, -0.2) is 19.9 Å². The first-order valence-corrected chi connectivity index (χ1v) is 5.73. The number of halogens is 3. The first-order valence-electron chi connectivity index (χ1n) is 4.25. The van der Waals surface area contributed by atoms with E-state index < -0.39 is 32.0 Å². The number of sulfone groups is 1. The van der Waals surface area contributed by atoms with Crippen LogP contribution < -0.4 is 4.74 Å². The second kappa shape index (κ2) is 4.36. The first kappa shape index (κ1) is 13.5. The monoisotopic (exact) mass is 268 g/mol. The molecule has 0 spiro atoms. The molecule has 0 fully saturated rings. The SMILES string of the molecule is CC(=O)Oc1ccccc1S(=O)(=O)C(F)(F)F. The number of carbonyl (C=O) groups excluding carboxylic acids is 1. The standard InChI is InChI=1S/C9H7F3O4S/c1-6(13)16-7-4-2-3-5-8(7)17(14,15)9(10,11)12/h2-5H,1H3. The molecule has 0 aliphatic rings. The lowest BCUT2D eigenvalue weighted by Crippen LogP contribution is -2.24. The summed E-state index contributed by atoms with van der Waals surface area (Å²) in [7, 11) is -5.53. The smallest absolute Gasteiger partial charge is 0.425 e. The zero-order chi connectivity index (χ0) is 13.3. The molecule has 0 saturated heterocycles. The molecule has 0 heterocycles. The van der Waals surface area contributed by atoms with Crippen LogP contribution in [0.3, 0.4) is 0 Å². The predicted molar refractivity (Wildman–Crippen MR) is 51.0 cm³/mol. The molecule has 0 saturated carbocycles. The number of alkyl halides is 3. The van der Waals surface area contributed by atoms with Crippen LogP contribution in [0.5, 0.6) is 5.75 Å². The van der Waals surface area contributed by atoms with Crippen LogP contribution in [0.2, 0.25) is 0 Å². The molecule has 0 aromatic heterocycles. The van der Waals surface area contributed by atoms with Crippen LogP contribution in [0.1, 0.15) is 6.92 Å². The van der Waals surface area contributed by atoms with Gasteiger partial charge in [-0.05, 0) is 12.1 Å². The van der Waals surface area contributed by atoms with E-state index in [0.29, 0.717) is 0 Å². The molecule has 1 aromatic rings. The van der Waals surface area contributed by atoms with Gasteiger partial charge < -0.3 is 4.74 Å². The van der Waals surface area contributed by atoms with E-state index in [9.17, 15) is 26.4 Å². The van der Waals surface area contributed by atoms with Crippen LogP contribution in [0, 0.1) is 0 Å². The zero-order valence-electron chi connectivity index (χ0n) is 8.48. The Bertz CT molecular complexity index is 533. The van der Waals surface area contributed by atoms with Crippen molar-refractivity contribution in [2.75, 3.05) is 0 Å². The van der Waals surface area contributed by atoms with Crippen LogP contribution in [0.4, 0.5) is 13.2 Å². The van der Waals surface area contributed by atoms with Gasteiger partial charge in [0.15, 0.2) is 0 Å². The van der Waals surface area contributed by atoms with Gasteiger partial charge in [-0.2, -0.15) is 13.2 Å². The molecule has 17 heavy (non-hydrogen) atoms. The molecule has 0 atom stereocenters. The summed E-state index contributed by atoms with van der Waals surface area (Å²) < 4.78 is 63.6. The normalized spacial score (nSPS) is 12.2. The number of esters is 1. The second-order valence-corrected chi connectivity index (χ2v) is 4.90. The van der Waals surface area contributed by atoms with Crippen LogP contribution in [0.15, 0.2) is 29.2 Å². The Morgan fingerprint density at radius 3 is 2.24 bits per heavy atom. The lowest BCUT2D eigenvalue weighted by atomic mass is 10.3. The van der Waals surface area contributed by atoms with Gasteiger partial charge in [-0.1, -0.05) is 12.1 Å². The second-order valence-electron chi connectivity index (χ2n) is 2.99. The molecular weight excluding hydrogens is 261 g/mol. The number of ether oxygens (including phenoxy) is 1. The third-order valence-corrected chi connectivity index (χ3v) is 3.22. The highest BCUT2D eigenvalue weighted by atomic mass is 32.2. The van der Waals surface area contributed by atoms with Gasteiger partial charge in [0.25, 0.3) is 9.84 Å². The Labute approximate surface area is 94.9 Å². The minimum Gasteiger partial charge on any atom is -0.425 e. The number of benzene rings is 1. The molecule has 8 heteroatoms. The van der Waals surface area contributed by atoms with Crippen molar-refractivity contribution in [3.8, 4) is 5.75 Å². The van der Waals surface area contributed by atoms with Crippen molar-refractivity contribution in [2.24, 2.45) is 0 Å². The largest absolute Gasteiger partial charge is 0.502 e. The third-order valence-electron chi connectivity index (χ3n) is 1.70. The summed E-state index contributed by atoms with van der Waals surface area (Å²) in [5, 5.41) is 0. The third kappa shape index (κ3) is 2.76. The fourth-order valence-electron chi connectivity index (χ4n) is 1.04. The Kier molecular flexibility index (Phi) is 3.46. The summed E-state index contributed by atoms with van der Waals surface area (Å²) >= 11 is 0. The first-order chi connectivity index (χ1) is 7.66. The summed E-state index contributed by atoms with van der Waals surface area (Å²) in [5.41, 5.74) is -5.44. The Morgan fingerprint density at radius 2 is 1.76 bits per heavy atom. The molecule has 0 aliphatic heterocycles. The van der Waals surface area contributed by atoms with Gasteiger partial charge >= 0.3 is 11.5 Å². The van der Waals surface area contributed by atoms with Gasteiger partial charge in [-0.25, -0.2) is 8.42 Å². The maximum Gasteiger partial charge on any atom is 0.502 e. The van der Waals surface area contributed by atoms with Gasteiger partial charge in [0.2, 0.25) is 0 Å². The van der Waals surface area contributed by atoms with E-state index in [1.807, 2.05) is 0 Å². The van der Waals surface area contributed by atoms with E-state index >= 15 is 0 Å². The molecule has 0 N–H and O–H groups in total. The van der Waals surface area contributed by atoms with Gasteiger partial charge in [0, 0.05) is 6.92 Å². The van der Waals surface area contributed by atoms with Gasteiger partial charge in [0.05, 0.1) is 0 Å². The van der Waals surface area contributed by atoms with Crippen molar-refractivity contribution < 1.29 is 31.1 Å². The lowest BCUT2D eigenvalue weighted by molar-refractivity contribution is -0.132. The fourth-order valence-corrected chi connectivity index (χ4v) is 1.92. The number of carbonyl (C=O) groups is 1. The van der Waals surface area contributed by atoms with Gasteiger partial charge in [-0.15, -0.1) is 0 Å². The van der Waals surface area contributed by atoms with Crippen molar-refractivity contribution in [1.29, 1.82) is 0 Å². The quantitative estimate of drug-likeness (QED) is 0.607. The van der Waals surface area contributed by atoms with Crippen molar-refractivity contribution in [1.82, 2.24) is 0 Å². The fraction of sp³-hybridized carbons (Fsp3) is 0.222. The summed E-state index contributed by atoms with van der Waals surface area (Å²) in [5.74, 6) is -1.55. The molecule has 0 unspecified atom stereocenters. The molecule has 0 radical (unpaired) electrons. The predicted octanol–water partition coefficient (Wildman–Crippen LogP) is 1.91. The van der Waals surface area contributed by atoms with Crippen LogP contribution >= 0.6 is 0 Å². The van der Waals surface area contributed by atoms with Crippen molar-refractivity contribution >= 4 is 15.8 Å². The Morgan fingerprint density at radius 1 is 1.24 bits per heavy atom. The van der Waals surface area contributed by atoms with Crippen molar-refractivity contribution in [3.63, 3.8) is 0 Å². The van der Waals surface area contributed by atoms with E-state index in [0.717, 1.165) is 25.1 Å². The highest BCUT2D eigenvalue weighted by Gasteiger charge is 2.48. The number of hydrogen-bond donors (Lipinski definition) is 0. The lowest BCUT2D eigenvalue weighted by Gasteiger charge is -2.11. The zero-order valence-corrected chi connectivity index (χ0v) is 9.30. The highest BCUT2D eigenvalue weighted by molar-refractivity contribution is 7.92. The summed E-state index contributed by atoms with van der Waals surface area (Å²) in [6.45, 7) is 0.955. The van der Waals surface area contributed by atoms with E-state index in [4.69, 9.17) is 0 Å². The van der Waals surface area contributed by atoms with Gasteiger partial charge in [-0.3, -0.25) is 4.79 Å². The maximum absolute atomic E-state index is 12.3. The Balaban J connectivity index is 3.37. The topological polar surface area (TPSA) is 60.4 Å². The summed E-state index contributed by atoms with van der Waals surface area (Å²) in [4.78, 5) is 9.56. The molecule has 1 rings (SSSR count). The van der Waals surface area contributed by atoms with Crippen LogP contribution in [0.25, 0.3) is 0 Å². The van der Waals surface area contributed by atoms with E-state index in [1.54, 1.807) is 0 Å².